The van der Waals surface area contributed by atoms with Gasteiger partial charge >= 0.3 is 0 Å². The van der Waals surface area contributed by atoms with Crippen molar-refractivity contribution >= 4 is 39.4 Å². The van der Waals surface area contributed by atoms with E-state index in [-0.39, 0.29) is 18.1 Å². The lowest BCUT2D eigenvalue weighted by Crippen LogP contribution is -2.50. The predicted octanol–water partition coefficient (Wildman–Crippen LogP) is 5.19. The Morgan fingerprint density at radius 2 is 1.93 bits per heavy atom. The number of piperidine rings is 2. The van der Waals surface area contributed by atoms with Crippen LogP contribution < -0.4 is 10.1 Å². The molecule has 2 aromatic carbocycles. The lowest BCUT2D eigenvalue weighted by Gasteiger charge is -2.39. The highest BCUT2D eigenvalue weighted by molar-refractivity contribution is 6.31. The summed E-state index contributed by atoms with van der Waals surface area (Å²) in [6.45, 7) is 7.54. The molecule has 0 spiro atoms. The molecule has 2 fully saturated rings. The molecule has 2 aliphatic rings. The number of benzene rings is 2. The smallest absolute Gasteiger partial charge is 0.267 e. The number of hydrogen-bond donors (Lipinski definition) is 3. The summed E-state index contributed by atoms with van der Waals surface area (Å²) in [4.78, 5) is 21.4. The van der Waals surface area contributed by atoms with Crippen LogP contribution in [0.3, 0.4) is 0 Å². The number of H-pyrrole nitrogens is 1. The average Bonchev–Trinajstić information content (AvgIpc) is 3.58. The number of likely N-dealkylation sites (tertiary alicyclic amines) is 2. The maximum atomic E-state index is 13.2. The number of rotatable bonds is 8. The number of hydrogen-bond acceptors (Lipinski definition) is 6. The van der Waals surface area contributed by atoms with Gasteiger partial charge in [-0.2, -0.15) is 0 Å². The molecule has 0 bridgehead atoms. The van der Waals surface area contributed by atoms with Gasteiger partial charge in [-0.25, -0.2) is 0 Å². The first kappa shape index (κ1) is 27.1. The van der Waals surface area contributed by atoms with Crippen LogP contribution in [0.1, 0.15) is 48.7 Å². The molecule has 2 aliphatic heterocycles. The second-order valence-electron chi connectivity index (χ2n) is 11.3. The van der Waals surface area contributed by atoms with Gasteiger partial charge in [0.1, 0.15) is 23.6 Å². The Morgan fingerprint density at radius 3 is 2.73 bits per heavy atom. The molecule has 3 N–H and O–H groups in total. The summed E-state index contributed by atoms with van der Waals surface area (Å²) in [5.74, 6) is 0.617. The molecule has 2 aromatic heterocycles. The zero-order valence-electron chi connectivity index (χ0n) is 22.9. The summed E-state index contributed by atoms with van der Waals surface area (Å²) in [7, 11) is 0. The molecule has 1 atom stereocenters. The zero-order chi connectivity index (χ0) is 27.6. The molecule has 8 nitrogen and oxygen atoms in total. The van der Waals surface area contributed by atoms with Gasteiger partial charge in [0.2, 0.25) is 0 Å². The minimum atomic E-state index is -0.137. The maximum Gasteiger partial charge on any atom is 0.267 e. The van der Waals surface area contributed by atoms with E-state index in [2.05, 4.69) is 27.0 Å². The Bertz CT molecular complexity index is 1470. The summed E-state index contributed by atoms with van der Waals surface area (Å²) in [6, 6.07) is 13.8. The number of amides is 1. The lowest BCUT2D eigenvalue weighted by molar-refractivity contribution is 0.0497. The molecule has 0 saturated carbocycles. The van der Waals surface area contributed by atoms with Crippen LogP contribution in [0.4, 0.5) is 0 Å². The molecule has 0 radical (unpaired) electrons. The lowest BCUT2D eigenvalue weighted by atomic mass is 10.0. The highest BCUT2D eigenvalue weighted by Gasteiger charge is 2.26. The molecule has 212 valence electrons. The molecule has 40 heavy (non-hydrogen) atoms. The first-order chi connectivity index (χ1) is 19.4. The van der Waals surface area contributed by atoms with Crippen LogP contribution in [0.2, 0.25) is 5.02 Å². The Balaban J connectivity index is 1.03. The van der Waals surface area contributed by atoms with Crippen LogP contribution >= 0.6 is 11.6 Å². The van der Waals surface area contributed by atoms with Crippen molar-refractivity contribution in [3.63, 3.8) is 0 Å². The number of ether oxygens (including phenoxy) is 1. The van der Waals surface area contributed by atoms with Crippen molar-refractivity contribution < 1.29 is 19.1 Å². The first-order valence-corrected chi connectivity index (χ1v) is 14.7. The fraction of sp³-hybridized carbons (Fsp3) is 0.452. The van der Waals surface area contributed by atoms with E-state index in [0.717, 1.165) is 85.8 Å². The van der Waals surface area contributed by atoms with Gasteiger partial charge in [-0.05, 0) is 69.0 Å². The Labute approximate surface area is 239 Å². The SMILES string of the molecule is C[C@@H](CN1CCC(NC(=O)c2cc3c(OCc4coc5ccc(Cl)cc45)cccc3[nH]2)CC1)N1CCC(O)CC1. The van der Waals surface area contributed by atoms with Gasteiger partial charge in [-0.3, -0.25) is 9.69 Å². The number of aromatic nitrogens is 1. The van der Waals surface area contributed by atoms with Gasteiger partial charge in [0.15, 0.2) is 0 Å². The van der Waals surface area contributed by atoms with Gasteiger partial charge in [0, 0.05) is 71.7 Å². The van der Waals surface area contributed by atoms with E-state index >= 15 is 0 Å². The fourth-order valence-corrected chi connectivity index (χ4v) is 6.21. The van der Waals surface area contributed by atoms with Crippen LogP contribution in [0.5, 0.6) is 5.75 Å². The number of aliphatic hydroxyl groups excluding tert-OH is 1. The summed E-state index contributed by atoms with van der Waals surface area (Å²) in [5.41, 5.74) is 3.08. The van der Waals surface area contributed by atoms with E-state index in [1.807, 2.05) is 36.4 Å². The highest BCUT2D eigenvalue weighted by Crippen LogP contribution is 2.30. The molecule has 1 amide bonds. The van der Waals surface area contributed by atoms with Gasteiger partial charge < -0.3 is 29.5 Å². The van der Waals surface area contributed by atoms with Crippen LogP contribution in [-0.4, -0.2) is 76.7 Å². The summed E-state index contributed by atoms with van der Waals surface area (Å²) in [6.07, 6.45) is 5.18. The molecular weight excluding hydrogens is 528 g/mol. The van der Waals surface area contributed by atoms with Crippen molar-refractivity contribution in [3.05, 3.63) is 65.0 Å². The maximum absolute atomic E-state index is 13.2. The Kier molecular flexibility index (Phi) is 8.03. The molecule has 9 heteroatoms. The van der Waals surface area contributed by atoms with Crippen molar-refractivity contribution in [2.45, 2.75) is 57.4 Å². The monoisotopic (exact) mass is 564 g/mol. The number of aliphatic hydroxyl groups is 1. The van der Waals surface area contributed by atoms with Gasteiger partial charge in [-0.1, -0.05) is 17.7 Å². The molecule has 4 heterocycles. The number of furan rings is 1. The second-order valence-corrected chi connectivity index (χ2v) is 11.7. The van der Waals surface area contributed by atoms with Crippen molar-refractivity contribution in [2.75, 3.05) is 32.7 Å². The number of nitrogens with zero attached hydrogens (tertiary/aromatic N) is 2. The van der Waals surface area contributed by atoms with Crippen LogP contribution in [0, 0.1) is 0 Å². The summed E-state index contributed by atoms with van der Waals surface area (Å²) in [5, 5.41) is 15.5. The van der Waals surface area contributed by atoms with E-state index in [0.29, 0.717) is 29.1 Å². The number of carbonyl (C=O) groups is 1. The largest absolute Gasteiger partial charge is 0.488 e. The predicted molar refractivity (Wildman–Crippen MR) is 157 cm³/mol. The van der Waals surface area contributed by atoms with E-state index < -0.39 is 0 Å². The molecule has 2 saturated heterocycles. The van der Waals surface area contributed by atoms with Crippen molar-refractivity contribution in [3.8, 4) is 5.75 Å². The van der Waals surface area contributed by atoms with Crippen LogP contribution in [0.15, 0.2) is 53.1 Å². The van der Waals surface area contributed by atoms with E-state index in [9.17, 15) is 9.90 Å². The first-order valence-electron chi connectivity index (χ1n) is 14.3. The van der Waals surface area contributed by atoms with E-state index in [1.165, 1.54) is 0 Å². The Hall–Kier alpha value is -3.04. The topological polar surface area (TPSA) is 94.0 Å². The van der Waals surface area contributed by atoms with Crippen LogP contribution in [0.25, 0.3) is 21.9 Å². The molecular formula is C31H37ClN4O4. The van der Waals surface area contributed by atoms with Crippen molar-refractivity contribution in [2.24, 2.45) is 0 Å². The zero-order valence-corrected chi connectivity index (χ0v) is 23.6. The molecule has 0 unspecified atom stereocenters. The number of carbonyl (C=O) groups excluding carboxylic acids is 1. The molecule has 0 aliphatic carbocycles. The number of nitrogens with one attached hydrogen (secondary N) is 2. The summed E-state index contributed by atoms with van der Waals surface area (Å²) >= 11 is 6.17. The second kappa shape index (κ2) is 11.8. The van der Waals surface area contributed by atoms with Gasteiger partial charge in [-0.15, -0.1) is 0 Å². The third-order valence-electron chi connectivity index (χ3n) is 8.44. The van der Waals surface area contributed by atoms with Crippen LogP contribution in [-0.2, 0) is 6.61 Å². The number of fused-ring (bicyclic) bond motifs is 2. The average molecular weight is 565 g/mol. The minimum Gasteiger partial charge on any atom is -0.488 e. The number of aromatic amines is 1. The standard InChI is InChI=1S/C31H37ClN4O4/c1-20(36-13-9-24(37)10-14-36)17-35-11-7-23(8-12-35)33-31(38)28-16-26-27(34-28)3-2-4-29(26)39-18-21-19-40-30-6-5-22(32)15-25(21)30/h2-6,15-16,19-20,23-24,34,37H,7-14,17-18H2,1H3,(H,33,38)/t20-/m0/s1. The van der Waals surface area contributed by atoms with E-state index in [4.69, 9.17) is 20.8 Å². The Morgan fingerprint density at radius 1 is 1.12 bits per heavy atom. The van der Waals surface area contributed by atoms with Crippen molar-refractivity contribution in [1.82, 2.24) is 20.1 Å². The van der Waals surface area contributed by atoms with E-state index in [1.54, 1.807) is 12.3 Å². The quantitative estimate of drug-likeness (QED) is 0.273. The minimum absolute atomic E-state index is 0.0867. The highest BCUT2D eigenvalue weighted by atomic mass is 35.5. The van der Waals surface area contributed by atoms with Gasteiger partial charge in [0.05, 0.1) is 12.4 Å². The number of halogens is 1. The third kappa shape index (κ3) is 6.00. The summed E-state index contributed by atoms with van der Waals surface area (Å²) < 4.78 is 11.8. The molecule has 6 rings (SSSR count). The molecule has 4 aromatic rings. The fourth-order valence-electron chi connectivity index (χ4n) is 6.04. The van der Waals surface area contributed by atoms with Crippen molar-refractivity contribution in [1.29, 1.82) is 0 Å². The normalized spacial score (nSPS) is 18.9. The van der Waals surface area contributed by atoms with Gasteiger partial charge in [0.25, 0.3) is 5.91 Å². The third-order valence-corrected chi connectivity index (χ3v) is 8.67.